The van der Waals surface area contributed by atoms with Crippen LogP contribution < -0.4 is 14.8 Å². The molecule has 0 saturated carbocycles. The van der Waals surface area contributed by atoms with E-state index in [1.165, 1.54) is 0 Å². The van der Waals surface area contributed by atoms with E-state index in [1.807, 2.05) is 26.1 Å². The summed E-state index contributed by atoms with van der Waals surface area (Å²) in [5, 5.41) is 3.14. The van der Waals surface area contributed by atoms with Crippen molar-refractivity contribution >= 4 is 9.84 Å². The molecule has 114 valence electrons. The Balaban J connectivity index is 2.85. The average molecular weight is 301 g/mol. The zero-order chi connectivity index (χ0) is 15.2. The van der Waals surface area contributed by atoms with E-state index in [9.17, 15) is 8.42 Å². The molecule has 0 aliphatic carbocycles. The molecule has 0 amide bonds. The average Bonchev–Trinajstić information content (AvgIpc) is 2.46. The Labute approximate surface area is 121 Å². The third-order valence-corrected chi connectivity index (χ3v) is 4.88. The summed E-state index contributed by atoms with van der Waals surface area (Å²) >= 11 is 0. The van der Waals surface area contributed by atoms with E-state index in [0.717, 1.165) is 5.56 Å². The van der Waals surface area contributed by atoms with Crippen molar-refractivity contribution in [3.63, 3.8) is 0 Å². The van der Waals surface area contributed by atoms with Crippen LogP contribution in [0.3, 0.4) is 0 Å². The maximum atomic E-state index is 11.5. The molecule has 0 aromatic heterocycles. The van der Waals surface area contributed by atoms with E-state index < -0.39 is 9.84 Å². The van der Waals surface area contributed by atoms with Gasteiger partial charge in [0, 0.05) is 23.4 Å². The highest BCUT2D eigenvalue weighted by Crippen LogP contribution is 2.29. The molecule has 0 radical (unpaired) electrons. The lowest BCUT2D eigenvalue weighted by atomic mass is 10.1. The first-order valence-corrected chi connectivity index (χ1v) is 8.44. The molecule has 1 unspecified atom stereocenters. The van der Waals surface area contributed by atoms with Crippen molar-refractivity contribution in [1.82, 2.24) is 5.32 Å². The quantitative estimate of drug-likeness (QED) is 0.793. The number of hydrogen-bond donors (Lipinski definition) is 1. The van der Waals surface area contributed by atoms with Gasteiger partial charge in [0.1, 0.15) is 18.1 Å². The molecule has 5 nitrogen and oxygen atoms in total. The zero-order valence-corrected chi connectivity index (χ0v) is 13.3. The van der Waals surface area contributed by atoms with Crippen molar-refractivity contribution in [1.29, 1.82) is 0 Å². The fourth-order valence-electron chi connectivity index (χ4n) is 1.70. The molecule has 1 rings (SSSR count). The molecular weight excluding hydrogens is 278 g/mol. The Bertz CT molecular complexity index is 528. The monoisotopic (exact) mass is 301 g/mol. The summed E-state index contributed by atoms with van der Waals surface area (Å²) in [4.78, 5) is 0. The third kappa shape index (κ3) is 4.68. The number of ether oxygens (including phenoxy) is 2. The van der Waals surface area contributed by atoms with Gasteiger partial charge in [-0.05, 0) is 20.0 Å². The normalized spacial score (nSPS) is 13.0. The van der Waals surface area contributed by atoms with Gasteiger partial charge in [-0.2, -0.15) is 0 Å². The molecule has 6 heteroatoms. The van der Waals surface area contributed by atoms with Gasteiger partial charge in [-0.15, -0.1) is 0 Å². The lowest BCUT2D eigenvalue weighted by molar-refractivity contribution is 0.330. The van der Waals surface area contributed by atoms with Crippen molar-refractivity contribution in [2.45, 2.75) is 19.9 Å². The van der Waals surface area contributed by atoms with Crippen molar-refractivity contribution in [2.24, 2.45) is 0 Å². The second-order valence-electron chi connectivity index (χ2n) is 4.50. The van der Waals surface area contributed by atoms with Crippen LogP contribution in [-0.2, 0) is 9.84 Å². The molecule has 1 N–H and O–H groups in total. The molecule has 1 atom stereocenters. The van der Waals surface area contributed by atoms with Gasteiger partial charge in [-0.3, -0.25) is 0 Å². The number of nitrogens with one attached hydrogen (secondary N) is 1. The van der Waals surface area contributed by atoms with Crippen LogP contribution in [0.1, 0.15) is 25.5 Å². The summed E-state index contributed by atoms with van der Waals surface area (Å²) in [7, 11) is 0.431. The molecular formula is C14H23NO4S. The van der Waals surface area contributed by atoms with Gasteiger partial charge in [0.05, 0.1) is 12.9 Å². The Morgan fingerprint density at radius 3 is 2.60 bits per heavy atom. The van der Waals surface area contributed by atoms with E-state index in [0.29, 0.717) is 11.5 Å². The number of methoxy groups -OCH3 is 1. The van der Waals surface area contributed by atoms with Gasteiger partial charge in [0.2, 0.25) is 0 Å². The minimum absolute atomic E-state index is 0.0219. The number of hydrogen-bond acceptors (Lipinski definition) is 5. The predicted molar refractivity (Wildman–Crippen MR) is 80.3 cm³/mol. The van der Waals surface area contributed by atoms with Crippen LogP contribution in [0.25, 0.3) is 0 Å². The van der Waals surface area contributed by atoms with Gasteiger partial charge in [0.25, 0.3) is 0 Å². The van der Waals surface area contributed by atoms with Gasteiger partial charge in [-0.1, -0.05) is 13.0 Å². The van der Waals surface area contributed by atoms with Crippen LogP contribution in [0.5, 0.6) is 11.5 Å². The topological polar surface area (TPSA) is 64.6 Å². The summed E-state index contributed by atoms with van der Waals surface area (Å²) in [6.45, 7) is 3.79. The minimum Gasteiger partial charge on any atom is -0.497 e. The van der Waals surface area contributed by atoms with E-state index in [4.69, 9.17) is 9.47 Å². The Hall–Kier alpha value is -1.27. The highest BCUT2D eigenvalue weighted by molar-refractivity contribution is 7.91. The molecule has 1 aromatic carbocycles. The fraction of sp³-hybridized carbons (Fsp3) is 0.571. The predicted octanol–water partition coefficient (Wildman–Crippen LogP) is 1.79. The Kier molecular flexibility index (Phi) is 6.29. The number of sulfone groups is 1. The SMILES string of the molecule is CCS(=O)(=O)CCOc1cc(OC)ccc1C(C)NC. The van der Waals surface area contributed by atoms with E-state index >= 15 is 0 Å². The molecule has 0 spiro atoms. The molecule has 0 fully saturated rings. The van der Waals surface area contributed by atoms with Crippen LogP contribution in [0.15, 0.2) is 18.2 Å². The van der Waals surface area contributed by atoms with Crippen LogP contribution in [0, 0.1) is 0 Å². The summed E-state index contributed by atoms with van der Waals surface area (Å²) in [6, 6.07) is 5.67. The molecule has 0 aliphatic heterocycles. The lowest BCUT2D eigenvalue weighted by Crippen LogP contribution is -2.18. The maximum Gasteiger partial charge on any atom is 0.153 e. The lowest BCUT2D eigenvalue weighted by Gasteiger charge is -2.17. The Morgan fingerprint density at radius 1 is 1.35 bits per heavy atom. The summed E-state index contributed by atoms with van der Waals surface area (Å²) in [5.74, 6) is 1.49. The molecule has 0 heterocycles. The fourth-order valence-corrected chi connectivity index (χ4v) is 2.33. The van der Waals surface area contributed by atoms with Crippen LogP contribution in [0.2, 0.25) is 0 Å². The number of benzene rings is 1. The first kappa shape index (κ1) is 16.8. The van der Waals surface area contributed by atoms with Gasteiger partial charge < -0.3 is 14.8 Å². The number of rotatable bonds is 8. The van der Waals surface area contributed by atoms with Gasteiger partial charge in [0.15, 0.2) is 9.84 Å². The maximum absolute atomic E-state index is 11.5. The molecule has 1 aromatic rings. The first-order valence-electron chi connectivity index (χ1n) is 6.62. The second kappa shape index (κ2) is 7.50. The third-order valence-electron chi connectivity index (χ3n) is 3.21. The second-order valence-corrected chi connectivity index (χ2v) is 6.97. The molecule has 20 heavy (non-hydrogen) atoms. The summed E-state index contributed by atoms with van der Waals surface area (Å²) in [6.07, 6.45) is 0. The highest BCUT2D eigenvalue weighted by atomic mass is 32.2. The van der Waals surface area contributed by atoms with Gasteiger partial charge >= 0.3 is 0 Å². The van der Waals surface area contributed by atoms with Crippen LogP contribution >= 0.6 is 0 Å². The Morgan fingerprint density at radius 2 is 2.05 bits per heavy atom. The van der Waals surface area contributed by atoms with Crippen molar-refractivity contribution in [3.05, 3.63) is 23.8 Å². The minimum atomic E-state index is -3.02. The van der Waals surface area contributed by atoms with Crippen molar-refractivity contribution in [3.8, 4) is 11.5 Å². The molecule has 0 bridgehead atoms. The van der Waals surface area contributed by atoms with E-state index in [2.05, 4.69) is 5.32 Å². The molecule has 0 saturated heterocycles. The summed E-state index contributed by atoms with van der Waals surface area (Å²) in [5.41, 5.74) is 0.974. The van der Waals surface area contributed by atoms with Gasteiger partial charge in [-0.25, -0.2) is 8.42 Å². The standard InChI is InChI=1S/C14H23NO4S/c1-5-20(16,17)9-8-19-14-10-12(18-4)6-7-13(14)11(2)15-3/h6-7,10-11,15H,5,8-9H2,1-4H3. The zero-order valence-electron chi connectivity index (χ0n) is 12.5. The smallest absolute Gasteiger partial charge is 0.153 e. The summed E-state index contributed by atoms with van der Waals surface area (Å²) < 4.78 is 33.8. The van der Waals surface area contributed by atoms with Crippen molar-refractivity contribution in [2.75, 3.05) is 32.3 Å². The van der Waals surface area contributed by atoms with Crippen LogP contribution in [0.4, 0.5) is 0 Å². The van der Waals surface area contributed by atoms with Crippen LogP contribution in [-0.4, -0.2) is 40.7 Å². The highest BCUT2D eigenvalue weighted by Gasteiger charge is 2.13. The largest absolute Gasteiger partial charge is 0.497 e. The van der Waals surface area contributed by atoms with E-state index in [1.54, 1.807) is 20.1 Å². The van der Waals surface area contributed by atoms with E-state index in [-0.39, 0.29) is 24.2 Å². The molecule has 0 aliphatic rings. The van der Waals surface area contributed by atoms with Crippen molar-refractivity contribution < 1.29 is 17.9 Å². The first-order chi connectivity index (χ1) is 9.43.